The van der Waals surface area contributed by atoms with Gasteiger partial charge in [-0.2, -0.15) is 0 Å². The standard InChI is InChI=1S/C22H19F3N2O4S/c1-14-3-11-19(12-4-14)32(29,30)27-20-13-16(6-5-15(20)2)21(28)26-17-7-9-18(10-8-17)31-22(23,24)25/h3-13,27H,1-2H3,(H,26,28). The van der Waals surface area contributed by atoms with Crippen LogP contribution in [0.2, 0.25) is 0 Å². The first-order valence-electron chi connectivity index (χ1n) is 9.30. The fourth-order valence-corrected chi connectivity index (χ4v) is 3.86. The molecule has 0 bridgehead atoms. The van der Waals surface area contributed by atoms with Gasteiger partial charge >= 0.3 is 6.36 Å². The number of carbonyl (C=O) groups is 1. The third-order valence-electron chi connectivity index (χ3n) is 4.42. The maximum absolute atomic E-state index is 12.7. The van der Waals surface area contributed by atoms with Crippen LogP contribution >= 0.6 is 0 Å². The zero-order valence-corrected chi connectivity index (χ0v) is 17.8. The van der Waals surface area contributed by atoms with E-state index in [0.717, 1.165) is 17.7 Å². The smallest absolute Gasteiger partial charge is 0.406 e. The van der Waals surface area contributed by atoms with E-state index < -0.39 is 28.0 Å². The molecule has 0 unspecified atom stereocenters. The maximum Gasteiger partial charge on any atom is 0.573 e. The summed E-state index contributed by atoms with van der Waals surface area (Å²) in [6.07, 6.45) is -4.81. The molecule has 32 heavy (non-hydrogen) atoms. The van der Waals surface area contributed by atoms with Gasteiger partial charge in [-0.05, 0) is 67.9 Å². The summed E-state index contributed by atoms with van der Waals surface area (Å²) in [5, 5.41) is 2.54. The van der Waals surface area contributed by atoms with Crippen LogP contribution in [0, 0.1) is 13.8 Å². The number of benzene rings is 3. The molecule has 0 aromatic heterocycles. The molecule has 10 heteroatoms. The molecule has 1 amide bonds. The molecule has 0 spiro atoms. The highest BCUT2D eigenvalue weighted by Crippen LogP contribution is 2.25. The minimum absolute atomic E-state index is 0.0820. The predicted molar refractivity (Wildman–Crippen MR) is 114 cm³/mol. The molecule has 0 radical (unpaired) electrons. The van der Waals surface area contributed by atoms with Gasteiger partial charge in [-0.1, -0.05) is 23.8 Å². The van der Waals surface area contributed by atoms with Gasteiger partial charge < -0.3 is 10.1 Å². The van der Waals surface area contributed by atoms with Gasteiger partial charge in [0, 0.05) is 11.3 Å². The Morgan fingerprint density at radius 3 is 2.12 bits per heavy atom. The molecular formula is C22H19F3N2O4S. The number of aryl methyl sites for hydroxylation is 2. The normalized spacial score (nSPS) is 11.7. The summed E-state index contributed by atoms with van der Waals surface area (Å²) in [6.45, 7) is 3.53. The molecule has 0 saturated carbocycles. The number of halogens is 3. The Bertz CT molecular complexity index is 1220. The van der Waals surface area contributed by atoms with Gasteiger partial charge in [0.05, 0.1) is 10.6 Å². The van der Waals surface area contributed by atoms with Crippen LogP contribution in [0.1, 0.15) is 21.5 Å². The van der Waals surface area contributed by atoms with Crippen LogP contribution in [-0.4, -0.2) is 20.7 Å². The lowest BCUT2D eigenvalue weighted by Gasteiger charge is -2.13. The molecule has 3 aromatic carbocycles. The number of ether oxygens (including phenoxy) is 1. The van der Waals surface area contributed by atoms with E-state index in [0.29, 0.717) is 5.56 Å². The topological polar surface area (TPSA) is 84.5 Å². The van der Waals surface area contributed by atoms with E-state index in [9.17, 15) is 26.4 Å². The Morgan fingerprint density at radius 2 is 1.53 bits per heavy atom. The van der Waals surface area contributed by atoms with E-state index in [-0.39, 0.29) is 21.8 Å². The number of rotatable bonds is 6. The average molecular weight is 464 g/mol. The molecule has 168 valence electrons. The lowest BCUT2D eigenvalue weighted by atomic mass is 10.1. The summed E-state index contributed by atoms with van der Waals surface area (Å²) in [5.41, 5.74) is 2.15. The number of hydrogen-bond donors (Lipinski definition) is 2. The van der Waals surface area contributed by atoms with Gasteiger partial charge in [0.25, 0.3) is 15.9 Å². The third-order valence-corrected chi connectivity index (χ3v) is 5.80. The van der Waals surface area contributed by atoms with Crippen LogP contribution in [0.5, 0.6) is 5.75 Å². The van der Waals surface area contributed by atoms with Crippen molar-refractivity contribution in [3.05, 3.63) is 83.4 Å². The van der Waals surface area contributed by atoms with Crippen LogP contribution in [0.4, 0.5) is 24.5 Å². The number of sulfonamides is 1. The van der Waals surface area contributed by atoms with Gasteiger partial charge in [0.2, 0.25) is 0 Å². The average Bonchev–Trinajstić information content (AvgIpc) is 2.70. The van der Waals surface area contributed by atoms with Gasteiger partial charge in [0.15, 0.2) is 0 Å². The van der Waals surface area contributed by atoms with Crippen LogP contribution < -0.4 is 14.8 Å². The molecule has 0 atom stereocenters. The van der Waals surface area contributed by atoms with Crippen molar-refractivity contribution in [2.75, 3.05) is 10.0 Å². The van der Waals surface area contributed by atoms with Crippen molar-refractivity contribution in [3.8, 4) is 5.75 Å². The number of amides is 1. The fraction of sp³-hybridized carbons (Fsp3) is 0.136. The first kappa shape index (κ1) is 23.1. The van der Waals surface area contributed by atoms with Crippen molar-refractivity contribution in [1.29, 1.82) is 0 Å². The highest BCUT2D eigenvalue weighted by atomic mass is 32.2. The minimum atomic E-state index is -4.81. The highest BCUT2D eigenvalue weighted by Gasteiger charge is 2.31. The Morgan fingerprint density at radius 1 is 0.906 bits per heavy atom. The maximum atomic E-state index is 12.7. The number of nitrogens with one attached hydrogen (secondary N) is 2. The second-order valence-corrected chi connectivity index (χ2v) is 8.66. The van der Waals surface area contributed by atoms with Gasteiger partial charge in [-0.15, -0.1) is 13.2 Å². The molecule has 0 aliphatic rings. The van der Waals surface area contributed by atoms with E-state index >= 15 is 0 Å². The summed E-state index contributed by atoms with van der Waals surface area (Å²) in [7, 11) is -3.86. The second kappa shape index (κ2) is 8.91. The molecule has 2 N–H and O–H groups in total. The molecule has 0 aliphatic heterocycles. The molecule has 6 nitrogen and oxygen atoms in total. The van der Waals surface area contributed by atoms with Gasteiger partial charge in [0.1, 0.15) is 5.75 Å². The Hall–Kier alpha value is -3.53. The Labute approximate surface area is 183 Å². The highest BCUT2D eigenvalue weighted by molar-refractivity contribution is 7.92. The van der Waals surface area contributed by atoms with Gasteiger partial charge in [-0.3, -0.25) is 9.52 Å². The predicted octanol–water partition coefficient (Wildman–Crippen LogP) is 5.26. The summed E-state index contributed by atoms with van der Waals surface area (Å²) in [6, 6.07) is 15.5. The van der Waals surface area contributed by atoms with Crippen molar-refractivity contribution >= 4 is 27.3 Å². The molecule has 0 fully saturated rings. The number of carbonyl (C=O) groups excluding carboxylic acids is 1. The van der Waals surface area contributed by atoms with Crippen LogP contribution in [0.15, 0.2) is 71.6 Å². The summed E-state index contributed by atoms with van der Waals surface area (Å²) >= 11 is 0. The van der Waals surface area contributed by atoms with Crippen molar-refractivity contribution in [2.24, 2.45) is 0 Å². The van der Waals surface area contributed by atoms with Crippen LogP contribution in [-0.2, 0) is 10.0 Å². The van der Waals surface area contributed by atoms with E-state index in [4.69, 9.17) is 0 Å². The van der Waals surface area contributed by atoms with E-state index in [1.165, 1.54) is 36.4 Å². The van der Waals surface area contributed by atoms with Gasteiger partial charge in [-0.25, -0.2) is 8.42 Å². The largest absolute Gasteiger partial charge is 0.573 e. The minimum Gasteiger partial charge on any atom is -0.406 e. The number of anilines is 2. The lowest BCUT2D eigenvalue weighted by Crippen LogP contribution is -2.17. The molecule has 0 saturated heterocycles. The first-order chi connectivity index (χ1) is 14.9. The zero-order valence-electron chi connectivity index (χ0n) is 17.0. The van der Waals surface area contributed by atoms with E-state index in [1.807, 2.05) is 6.92 Å². The van der Waals surface area contributed by atoms with Crippen molar-refractivity contribution in [2.45, 2.75) is 25.1 Å². The summed E-state index contributed by atoms with van der Waals surface area (Å²) < 4.78 is 68.3. The Kier molecular flexibility index (Phi) is 6.45. The monoisotopic (exact) mass is 464 g/mol. The number of hydrogen-bond acceptors (Lipinski definition) is 4. The SMILES string of the molecule is Cc1ccc(S(=O)(=O)Nc2cc(C(=O)Nc3ccc(OC(F)(F)F)cc3)ccc2C)cc1. The molecule has 0 aliphatic carbocycles. The molecule has 3 aromatic rings. The van der Waals surface area contributed by atoms with E-state index in [1.54, 1.807) is 25.1 Å². The molecular weight excluding hydrogens is 445 g/mol. The second-order valence-electron chi connectivity index (χ2n) is 6.97. The lowest BCUT2D eigenvalue weighted by molar-refractivity contribution is -0.274. The quantitative estimate of drug-likeness (QED) is 0.522. The number of alkyl halides is 3. The zero-order chi connectivity index (χ0) is 23.5. The first-order valence-corrected chi connectivity index (χ1v) is 10.8. The summed E-state index contributed by atoms with van der Waals surface area (Å²) in [4.78, 5) is 12.6. The molecule has 0 heterocycles. The van der Waals surface area contributed by atoms with Crippen molar-refractivity contribution < 1.29 is 31.1 Å². The summed E-state index contributed by atoms with van der Waals surface area (Å²) in [5.74, 6) is -0.982. The van der Waals surface area contributed by atoms with E-state index in [2.05, 4.69) is 14.8 Å². The van der Waals surface area contributed by atoms with Crippen molar-refractivity contribution in [1.82, 2.24) is 0 Å². The third kappa shape index (κ3) is 6.01. The fourth-order valence-electron chi connectivity index (χ4n) is 2.74. The van der Waals surface area contributed by atoms with Crippen molar-refractivity contribution in [3.63, 3.8) is 0 Å². The van der Waals surface area contributed by atoms with Crippen LogP contribution in [0.25, 0.3) is 0 Å². The molecule has 3 rings (SSSR count). The van der Waals surface area contributed by atoms with Crippen LogP contribution in [0.3, 0.4) is 0 Å². The Balaban J connectivity index is 1.76.